The number of rotatable bonds is 9. The van der Waals surface area contributed by atoms with Gasteiger partial charge in [0.15, 0.2) is 11.6 Å². The topological polar surface area (TPSA) is 108 Å². The number of nitrogens with one attached hydrogen (secondary N) is 2. The van der Waals surface area contributed by atoms with Crippen LogP contribution in [0.15, 0.2) is 36.4 Å². The number of anilines is 3. The maximum absolute atomic E-state index is 14.7. The van der Waals surface area contributed by atoms with E-state index in [0.29, 0.717) is 9.64 Å². The zero-order valence-electron chi connectivity index (χ0n) is 16.0. The Labute approximate surface area is 190 Å². The molecule has 2 aromatic rings. The van der Waals surface area contributed by atoms with Crippen LogP contribution in [0.4, 0.5) is 30.2 Å². The molecule has 4 N–H and O–H groups in total. The molecule has 7 nitrogen and oxygen atoms in total. The van der Waals surface area contributed by atoms with Crippen molar-refractivity contribution in [2.75, 3.05) is 23.8 Å². The minimum absolute atomic E-state index is 0.220. The van der Waals surface area contributed by atoms with Crippen molar-refractivity contribution in [1.82, 2.24) is 0 Å². The molecule has 0 bridgehead atoms. The van der Waals surface area contributed by atoms with Gasteiger partial charge in [-0.1, -0.05) is 12.2 Å². The molecule has 3 rings (SSSR count). The molecule has 1 atom stereocenters. The summed E-state index contributed by atoms with van der Waals surface area (Å²) in [7, 11) is -3.21. The molecule has 0 amide bonds. The highest BCUT2D eigenvalue weighted by molar-refractivity contribution is 14.1. The molecule has 0 heterocycles. The number of aliphatic hydroxyl groups is 2. The number of sulfonamides is 1. The monoisotopic (exact) mass is 570 g/mol. The van der Waals surface area contributed by atoms with Gasteiger partial charge in [-0.05, 0) is 40.8 Å². The van der Waals surface area contributed by atoms with Gasteiger partial charge in [-0.3, -0.25) is 4.72 Å². The van der Waals surface area contributed by atoms with Gasteiger partial charge in [0, 0.05) is 16.1 Å². The Morgan fingerprint density at radius 1 is 1.16 bits per heavy atom. The normalized spacial score (nSPS) is 15.5. The lowest BCUT2D eigenvalue weighted by molar-refractivity contribution is 0.0874. The Morgan fingerprint density at radius 3 is 2.39 bits per heavy atom. The SMILES string of the molecule is COc1cc(F)c(F)c(Nc2ccc(I)cc2F)c1NS(=O)(=O)C1(C[C@H](O)CO)C=C1. The summed E-state index contributed by atoms with van der Waals surface area (Å²) >= 11 is 1.87. The van der Waals surface area contributed by atoms with Crippen molar-refractivity contribution in [3.8, 4) is 5.75 Å². The second-order valence-electron chi connectivity index (χ2n) is 6.81. The molecular formula is C19H18F3IN2O5S. The average molecular weight is 570 g/mol. The zero-order valence-corrected chi connectivity index (χ0v) is 19.0. The first kappa shape index (κ1) is 23.6. The molecule has 168 valence electrons. The molecule has 1 aliphatic rings. The van der Waals surface area contributed by atoms with Crippen molar-refractivity contribution in [3.05, 3.63) is 57.4 Å². The number of halogens is 4. The van der Waals surface area contributed by atoms with Crippen LogP contribution in [0.2, 0.25) is 0 Å². The number of hydrogen-bond donors (Lipinski definition) is 4. The van der Waals surface area contributed by atoms with E-state index >= 15 is 0 Å². The van der Waals surface area contributed by atoms with E-state index in [1.165, 1.54) is 24.3 Å². The largest absolute Gasteiger partial charge is 0.494 e. The second-order valence-corrected chi connectivity index (χ2v) is 10.0. The predicted molar refractivity (Wildman–Crippen MR) is 117 cm³/mol. The third-order valence-corrected chi connectivity index (χ3v) is 7.22. The number of ether oxygens (including phenoxy) is 1. The lowest BCUT2D eigenvalue weighted by atomic mass is 10.1. The first-order chi connectivity index (χ1) is 14.5. The van der Waals surface area contributed by atoms with Gasteiger partial charge in [-0.15, -0.1) is 0 Å². The Bertz CT molecular complexity index is 1140. The summed E-state index contributed by atoms with van der Waals surface area (Å²) in [4.78, 5) is 0. The molecule has 31 heavy (non-hydrogen) atoms. The average Bonchev–Trinajstić information content (AvgIpc) is 3.50. The molecule has 1 aliphatic carbocycles. The highest BCUT2D eigenvalue weighted by Gasteiger charge is 2.49. The molecular weight excluding hydrogens is 552 g/mol. The molecule has 12 heteroatoms. The second kappa shape index (κ2) is 8.84. The van der Waals surface area contributed by atoms with E-state index in [9.17, 15) is 26.7 Å². The first-order valence-corrected chi connectivity index (χ1v) is 11.4. The summed E-state index contributed by atoms with van der Waals surface area (Å²) in [6, 6.07) is 4.61. The molecule has 0 fully saturated rings. The summed E-state index contributed by atoms with van der Waals surface area (Å²) in [5.74, 6) is -3.92. The van der Waals surface area contributed by atoms with Crippen molar-refractivity contribution >= 4 is 49.7 Å². The van der Waals surface area contributed by atoms with Crippen LogP contribution in [-0.4, -0.2) is 43.2 Å². The third-order valence-electron chi connectivity index (χ3n) is 4.63. The summed E-state index contributed by atoms with van der Waals surface area (Å²) in [5.41, 5.74) is -1.38. The highest BCUT2D eigenvalue weighted by atomic mass is 127. The van der Waals surface area contributed by atoms with E-state index < -0.39 is 56.3 Å². The fraction of sp³-hybridized carbons (Fsp3) is 0.263. The van der Waals surface area contributed by atoms with Crippen LogP contribution in [0.5, 0.6) is 5.75 Å². The van der Waals surface area contributed by atoms with Gasteiger partial charge in [-0.2, -0.15) is 0 Å². The van der Waals surface area contributed by atoms with Gasteiger partial charge in [-0.25, -0.2) is 21.6 Å². The van der Waals surface area contributed by atoms with E-state index in [1.807, 2.05) is 22.6 Å². The first-order valence-electron chi connectivity index (χ1n) is 8.83. The lowest BCUT2D eigenvalue weighted by Gasteiger charge is -2.23. The van der Waals surface area contributed by atoms with Crippen LogP contribution in [0.1, 0.15) is 6.42 Å². The van der Waals surface area contributed by atoms with Gasteiger partial charge in [0.2, 0.25) is 10.0 Å². The molecule has 0 saturated carbocycles. The quantitative estimate of drug-likeness (QED) is 0.273. The van der Waals surface area contributed by atoms with Crippen molar-refractivity contribution < 1.29 is 36.5 Å². The van der Waals surface area contributed by atoms with Crippen molar-refractivity contribution in [1.29, 1.82) is 0 Å². The molecule has 0 aliphatic heterocycles. The summed E-state index contributed by atoms with van der Waals surface area (Å²) in [5, 5.41) is 21.1. The standard InChI is InChI=1S/C19H18F3IN2O5S/c1-30-15-7-13(21)16(22)18(24-14-3-2-10(23)6-12(14)20)17(15)25-31(28,29)19(4-5-19)8-11(27)9-26/h2-7,11,24-27H,8-9H2,1H3/t11-/m0/s1. The maximum atomic E-state index is 14.7. The summed E-state index contributed by atoms with van der Waals surface area (Å²) in [6.07, 6.45) is 0.898. The molecule has 0 radical (unpaired) electrons. The predicted octanol–water partition coefficient (Wildman–Crippen LogP) is 3.25. The fourth-order valence-corrected chi connectivity index (χ4v) is 4.84. The summed E-state index contributed by atoms with van der Waals surface area (Å²) in [6.45, 7) is -0.660. The van der Waals surface area contributed by atoms with E-state index in [4.69, 9.17) is 9.84 Å². The van der Waals surface area contributed by atoms with Gasteiger partial charge in [0.1, 0.15) is 27.7 Å². The van der Waals surface area contributed by atoms with Crippen LogP contribution in [0, 0.1) is 21.0 Å². The lowest BCUT2D eigenvalue weighted by Crippen LogP contribution is -2.36. The van der Waals surface area contributed by atoms with E-state index in [0.717, 1.165) is 13.2 Å². The third kappa shape index (κ3) is 4.76. The van der Waals surface area contributed by atoms with Gasteiger partial charge in [0.25, 0.3) is 0 Å². The van der Waals surface area contributed by atoms with Crippen molar-refractivity contribution in [2.45, 2.75) is 17.3 Å². The summed E-state index contributed by atoms with van der Waals surface area (Å²) < 4.78 is 75.2. The van der Waals surface area contributed by atoms with Gasteiger partial charge >= 0.3 is 0 Å². The van der Waals surface area contributed by atoms with E-state index in [1.54, 1.807) is 0 Å². The van der Waals surface area contributed by atoms with Gasteiger partial charge in [0.05, 0.1) is 25.5 Å². The van der Waals surface area contributed by atoms with E-state index in [2.05, 4.69) is 10.0 Å². The molecule has 0 aromatic heterocycles. The number of hydrogen-bond acceptors (Lipinski definition) is 6. The Hall–Kier alpha value is -2.03. The van der Waals surface area contributed by atoms with Crippen LogP contribution < -0.4 is 14.8 Å². The van der Waals surface area contributed by atoms with E-state index in [-0.39, 0.29) is 17.9 Å². The Kier molecular flexibility index (Phi) is 6.74. The van der Waals surface area contributed by atoms with Crippen molar-refractivity contribution in [2.24, 2.45) is 0 Å². The Balaban J connectivity index is 2.06. The number of aliphatic hydroxyl groups excluding tert-OH is 2. The van der Waals surface area contributed by atoms with Crippen LogP contribution in [0.3, 0.4) is 0 Å². The van der Waals surface area contributed by atoms with Crippen LogP contribution in [0.25, 0.3) is 0 Å². The highest BCUT2D eigenvalue weighted by Crippen LogP contribution is 2.44. The Morgan fingerprint density at radius 2 is 1.84 bits per heavy atom. The minimum atomic E-state index is -4.34. The van der Waals surface area contributed by atoms with Gasteiger partial charge < -0.3 is 20.3 Å². The fourth-order valence-electron chi connectivity index (χ4n) is 2.89. The molecule has 0 unspecified atom stereocenters. The van der Waals surface area contributed by atoms with Crippen molar-refractivity contribution in [3.63, 3.8) is 0 Å². The zero-order chi connectivity index (χ0) is 23.0. The number of benzene rings is 2. The minimum Gasteiger partial charge on any atom is -0.494 e. The molecule has 0 spiro atoms. The van der Waals surface area contributed by atoms with Crippen LogP contribution >= 0.6 is 22.6 Å². The maximum Gasteiger partial charge on any atom is 0.246 e. The van der Waals surface area contributed by atoms with Crippen LogP contribution in [-0.2, 0) is 10.0 Å². The molecule has 0 saturated heterocycles. The smallest absolute Gasteiger partial charge is 0.246 e. The molecule has 2 aromatic carbocycles. The number of methoxy groups -OCH3 is 1.